The number of hydrogen-bond acceptors (Lipinski definition) is 5. The Bertz CT molecular complexity index is 1350. The topological polar surface area (TPSA) is 86.8 Å². The van der Waals surface area contributed by atoms with Crippen LogP contribution >= 0.6 is 11.8 Å². The van der Waals surface area contributed by atoms with Crippen LogP contribution in [0, 0.1) is 6.92 Å². The SMILES string of the molecule is CCCNC(=O)C(CC)N(CCc1ccccc1)C(=O)CN(c1ccc(C)cc1)S(=O)(=O)c1ccc(SC)cc1. The fourth-order valence-electron chi connectivity index (χ4n) is 4.38. The van der Waals surface area contributed by atoms with E-state index >= 15 is 0 Å². The summed E-state index contributed by atoms with van der Waals surface area (Å²) in [6.45, 7) is 6.11. The van der Waals surface area contributed by atoms with Crippen molar-refractivity contribution in [2.75, 3.05) is 30.2 Å². The average Bonchev–Trinajstić information content (AvgIpc) is 2.97. The third-order valence-corrected chi connectivity index (χ3v) is 9.20. The third kappa shape index (κ3) is 8.11. The highest BCUT2D eigenvalue weighted by molar-refractivity contribution is 7.98. The third-order valence-electron chi connectivity index (χ3n) is 6.67. The molecule has 9 heteroatoms. The van der Waals surface area contributed by atoms with E-state index in [1.54, 1.807) is 36.4 Å². The van der Waals surface area contributed by atoms with Crippen LogP contribution in [0.15, 0.2) is 88.7 Å². The van der Waals surface area contributed by atoms with E-state index in [1.807, 2.05) is 69.5 Å². The van der Waals surface area contributed by atoms with Gasteiger partial charge in [-0.15, -0.1) is 11.8 Å². The van der Waals surface area contributed by atoms with Crippen LogP contribution in [-0.2, 0) is 26.0 Å². The summed E-state index contributed by atoms with van der Waals surface area (Å²) in [5.41, 5.74) is 2.39. The van der Waals surface area contributed by atoms with Gasteiger partial charge in [-0.05, 0) is 74.4 Å². The van der Waals surface area contributed by atoms with Gasteiger partial charge < -0.3 is 10.2 Å². The van der Waals surface area contributed by atoms with Gasteiger partial charge in [-0.1, -0.05) is 61.9 Å². The van der Waals surface area contributed by atoms with Crippen molar-refractivity contribution in [3.8, 4) is 0 Å². The van der Waals surface area contributed by atoms with Gasteiger partial charge in [0.1, 0.15) is 12.6 Å². The number of nitrogens with zero attached hydrogens (tertiary/aromatic N) is 2. The zero-order valence-electron chi connectivity index (χ0n) is 23.7. The van der Waals surface area contributed by atoms with Crippen molar-refractivity contribution in [1.29, 1.82) is 0 Å². The number of sulfonamides is 1. The second-order valence-electron chi connectivity index (χ2n) is 9.56. The van der Waals surface area contributed by atoms with Crippen LogP contribution in [0.2, 0.25) is 0 Å². The molecular weight excluding hydrogens is 542 g/mol. The number of rotatable bonds is 14. The van der Waals surface area contributed by atoms with E-state index in [4.69, 9.17) is 0 Å². The largest absolute Gasteiger partial charge is 0.354 e. The summed E-state index contributed by atoms with van der Waals surface area (Å²) in [5.74, 6) is -0.664. The molecule has 0 aliphatic heterocycles. The molecule has 3 rings (SSSR count). The summed E-state index contributed by atoms with van der Waals surface area (Å²) in [6, 6.07) is 22.7. The van der Waals surface area contributed by atoms with Gasteiger partial charge in [-0.25, -0.2) is 8.42 Å². The van der Waals surface area contributed by atoms with Gasteiger partial charge in [0.25, 0.3) is 10.0 Å². The number of amides is 2. The molecule has 1 unspecified atom stereocenters. The minimum Gasteiger partial charge on any atom is -0.354 e. The van der Waals surface area contributed by atoms with E-state index in [2.05, 4.69) is 5.32 Å². The molecule has 3 aromatic carbocycles. The second-order valence-corrected chi connectivity index (χ2v) is 12.3. The predicted octanol–water partition coefficient (Wildman–Crippen LogP) is 5.29. The second kappa shape index (κ2) is 14.9. The molecule has 0 aliphatic rings. The molecule has 3 aromatic rings. The highest BCUT2D eigenvalue weighted by Gasteiger charge is 2.33. The zero-order valence-corrected chi connectivity index (χ0v) is 25.3. The van der Waals surface area contributed by atoms with Gasteiger partial charge in [0, 0.05) is 18.0 Å². The van der Waals surface area contributed by atoms with E-state index in [0.717, 1.165) is 26.7 Å². The van der Waals surface area contributed by atoms with Crippen molar-refractivity contribution in [1.82, 2.24) is 10.2 Å². The number of anilines is 1. The Labute approximate surface area is 243 Å². The lowest BCUT2D eigenvalue weighted by atomic mass is 10.1. The lowest BCUT2D eigenvalue weighted by Gasteiger charge is -2.33. The van der Waals surface area contributed by atoms with E-state index in [1.165, 1.54) is 16.7 Å². The molecule has 1 atom stereocenters. The quantitative estimate of drug-likeness (QED) is 0.262. The molecule has 0 heterocycles. The van der Waals surface area contributed by atoms with Crippen molar-refractivity contribution >= 4 is 39.3 Å². The van der Waals surface area contributed by atoms with Gasteiger partial charge in [0.05, 0.1) is 10.6 Å². The summed E-state index contributed by atoms with van der Waals surface area (Å²) >= 11 is 1.52. The van der Waals surface area contributed by atoms with Crippen LogP contribution in [-0.4, -0.2) is 57.1 Å². The minimum absolute atomic E-state index is 0.0993. The first-order chi connectivity index (χ1) is 19.2. The Morgan fingerprint density at radius 1 is 0.925 bits per heavy atom. The number of carbonyl (C=O) groups excluding carboxylic acids is 2. The molecule has 2 amide bonds. The van der Waals surface area contributed by atoms with E-state index in [0.29, 0.717) is 25.1 Å². The standard InChI is InChI=1S/C31H39N3O4S2/c1-5-21-32-31(36)29(6-2)33(22-20-25-10-8-7-9-11-25)30(35)23-34(26-14-12-24(3)13-15-26)40(37,38)28-18-16-27(39-4)17-19-28/h7-19,29H,5-6,20-23H2,1-4H3,(H,32,36). The van der Waals surface area contributed by atoms with Gasteiger partial charge in [-0.2, -0.15) is 0 Å². The van der Waals surface area contributed by atoms with Crippen molar-refractivity contribution in [2.24, 2.45) is 0 Å². The summed E-state index contributed by atoms with van der Waals surface area (Å²) in [6.07, 6.45) is 3.64. The first-order valence-electron chi connectivity index (χ1n) is 13.6. The maximum absolute atomic E-state index is 14.0. The number of carbonyl (C=O) groups is 2. The Balaban J connectivity index is 1.99. The first kappa shape index (κ1) is 31.2. The summed E-state index contributed by atoms with van der Waals surface area (Å²) in [7, 11) is -4.08. The Morgan fingerprint density at radius 3 is 2.15 bits per heavy atom. The smallest absolute Gasteiger partial charge is 0.264 e. The van der Waals surface area contributed by atoms with E-state index in [-0.39, 0.29) is 17.3 Å². The number of aryl methyl sites for hydroxylation is 1. The highest BCUT2D eigenvalue weighted by Crippen LogP contribution is 2.26. The molecule has 7 nitrogen and oxygen atoms in total. The lowest BCUT2D eigenvalue weighted by Crippen LogP contribution is -2.53. The van der Waals surface area contributed by atoms with Crippen molar-refractivity contribution < 1.29 is 18.0 Å². The molecule has 0 saturated heterocycles. The van der Waals surface area contributed by atoms with Crippen LogP contribution in [0.3, 0.4) is 0 Å². The Hall–Kier alpha value is -3.30. The Kier molecular flexibility index (Phi) is 11.6. The molecule has 40 heavy (non-hydrogen) atoms. The van der Waals surface area contributed by atoms with Crippen LogP contribution in [0.4, 0.5) is 5.69 Å². The molecule has 0 fully saturated rings. The van der Waals surface area contributed by atoms with E-state index < -0.39 is 28.5 Å². The lowest BCUT2D eigenvalue weighted by molar-refractivity contribution is -0.139. The van der Waals surface area contributed by atoms with Gasteiger partial charge in [-0.3, -0.25) is 13.9 Å². The van der Waals surface area contributed by atoms with Crippen LogP contribution < -0.4 is 9.62 Å². The maximum atomic E-state index is 14.0. The number of nitrogens with one attached hydrogen (secondary N) is 1. The number of benzene rings is 3. The molecule has 0 spiro atoms. The normalized spacial score (nSPS) is 12.0. The van der Waals surface area contributed by atoms with Gasteiger partial charge >= 0.3 is 0 Å². The average molecular weight is 582 g/mol. The Morgan fingerprint density at radius 2 is 1.57 bits per heavy atom. The van der Waals surface area contributed by atoms with Crippen LogP contribution in [0.25, 0.3) is 0 Å². The van der Waals surface area contributed by atoms with Crippen molar-refractivity contribution in [3.63, 3.8) is 0 Å². The molecule has 0 aromatic heterocycles. The van der Waals surface area contributed by atoms with Gasteiger partial charge in [0.2, 0.25) is 11.8 Å². The summed E-state index contributed by atoms with van der Waals surface area (Å²) < 4.78 is 29.0. The molecule has 214 valence electrons. The fraction of sp³-hybridized carbons (Fsp3) is 0.355. The molecule has 1 N–H and O–H groups in total. The van der Waals surface area contributed by atoms with Crippen molar-refractivity contribution in [3.05, 3.63) is 90.0 Å². The molecule has 0 saturated carbocycles. The van der Waals surface area contributed by atoms with E-state index in [9.17, 15) is 18.0 Å². The summed E-state index contributed by atoms with van der Waals surface area (Å²) in [5, 5.41) is 2.91. The minimum atomic E-state index is -4.08. The fourth-order valence-corrected chi connectivity index (χ4v) is 6.20. The molecular formula is C31H39N3O4S2. The van der Waals surface area contributed by atoms with Crippen molar-refractivity contribution in [2.45, 2.75) is 55.9 Å². The van der Waals surface area contributed by atoms with Gasteiger partial charge in [0.15, 0.2) is 0 Å². The number of hydrogen-bond donors (Lipinski definition) is 1. The van der Waals surface area contributed by atoms with Crippen LogP contribution in [0.5, 0.6) is 0 Å². The first-order valence-corrected chi connectivity index (χ1v) is 16.2. The predicted molar refractivity (Wildman–Crippen MR) is 163 cm³/mol. The monoisotopic (exact) mass is 581 g/mol. The maximum Gasteiger partial charge on any atom is 0.264 e. The number of thioether (sulfide) groups is 1. The van der Waals surface area contributed by atoms with Crippen LogP contribution in [0.1, 0.15) is 37.8 Å². The molecule has 0 radical (unpaired) electrons. The highest BCUT2D eigenvalue weighted by atomic mass is 32.2. The molecule has 0 bridgehead atoms. The summed E-state index contributed by atoms with van der Waals surface area (Å²) in [4.78, 5) is 29.7. The zero-order chi connectivity index (χ0) is 29.1. The molecule has 0 aliphatic carbocycles.